The van der Waals surface area contributed by atoms with Crippen molar-refractivity contribution in [1.29, 1.82) is 0 Å². The predicted molar refractivity (Wildman–Crippen MR) is 281 cm³/mol. The lowest BCUT2D eigenvalue weighted by Gasteiger charge is -2.25. The van der Waals surface area contributed by atoms with Gasteiger partial charge in [-0.1, -0.05) is 242 Å². The fourth-order valence-corrected chi connectivity index (χ4v) is 8.65. The molecule has 0 aromatic heterocycles. The third kappa shape index (κ3) is 50.2. The molecule has 0 fully saturated rings. The Morgan fingerprint density at radius 3 is 1.31 bits per heavy atom. The molecule has 0 aromatic rings. The normalized spacial score (nSPS) is 14.4. The van der Waals surface area contributed by atoms with Gasteiger partial charge in [-0.25, -0.2) is 4.57 Å². The maximum Gasteiger partial charge on any atom is 0.472 e. The molecule has 0 rings (SSSR count). The minimum atomic E-state index is -4.32. The van der Waals surface area contributed by atoms with Gasteiger partial charge in [0.25, 0.3) is 0 Å². The molecule has 8 nitrogen and oxygen atoms in total. The number of nitrogens with zero attached hydrogens (tertiary/aromatic N) is 1. The Morgan fingerprint density at radius 2 is 0.892 bits per heavy atom. The number of allylic oxidation sites excluding steroid dienone is 7. The summed E-state index contributed by atoms with van der Waals surface area (Å²) in [4.78, 5) is 22.9. The summed E-state index contributed by atoms with van der Waals surface area (Å²) in [7, 11) is 1.57. The Balaban J connectivity index is 3.66. The number of carbonyl (C=O) groups excluding carboxylic acids is 1. The number of likely N-dealkylation sites (N-methyl/N-ethyl adjacent to an activating group) is 1. The first-order valence-corrected chi connectivity index (χ1v) is 29.0. The van der Waals surface area contributed by atoms with Gasteiger partial charge in [-0.2, -0.15) is 0 Å². The molecule has 0 aliphatic rings. The molecule has 3 N–H and O–H groups in total. The van der Waals surface area contributed by atoms with E-state index in [0.29, 0.717) is 17.4 Å². The van der Waals surface area contributed by atoms with E-state index in [4.69, 9.17) is 9.05 Å². The van der Waals surface area contributed by atoms with Gasteiger partial charge in [-0.05, 0) is 51.4 Å². The molecule has 0 heterocycles. The first-order chi connectivity index (χ1) is 31.5. The van der Waals surface area contributed by atoms with Crippen molar-refractivity contribution >= 4 is 13.7 Å². The van der Waals surface area contributed by atoms with E-state index in [2.05, 4.69) is 55.6 Å². The molecule has 1 amide bonds. The smallest absolute Gasteiger partial charge is 0.387 e. The van der Waals surface area contributed by atoms with Crippen molar-refractivity contribution in [3.8, 4) is 0 Å². The van der Waals surface area contributed by atoms with E-state index in [1.54, 1.807) is 6.08 Å². The van der Waals surface area contributed by atoms with Crippen molar-refractivity contribution in [2.45, 2.75) is 264 Å². The molecule has 0 radical (unpaired) electrons. The van der Waals surface area contributed by atoms with Crippen LogP contribution in [0.25, 0.3) is 0 Å². The first kappa shape index (κ1) is 63.5. The average Bonchev–Trinajstić information content (AvgIpc) is 3.26. The van der Waals surface area contributed by atoms with Crippen LogP contribution >= 0.6 is 7.82 Å². The number of quaternary nitrogens is 1. The quantitative estimate of drug-likeness (QED) is 0.0243. The number of nitrogens with one attached hydrogen (secondary N) is 1. The summed E-state index contributed by atoms with van der Waals surface area (Å²) in [6.45, 7) is 4.66. The molecule has 65 heavy (non-hydrogen) atoms. The van der Waals surface area contributed by atoms with E-state index in [1.807, 2.05) is 27.2 Å². The van der Waals surface area contributed by atoms with Crippen LogP contribution in [0.2, 0.25) is 0 Å². The van der Waals surface area contributed by atoms with Crippen LogP contribution in [0.15, 0.2) is 48.6 Å². The van der Waals surface area contributed by atoms with Crippen LogP contribution in [0.4, 0.5) is 0 Å². The maximum atomic E-state index is 12.8. The Morgan fingerprint density at radius 1 is 0.523 bits per heavy atom. The number of phosphoric ester groups is 1. The summed E-state index contributed by atoms with van der Waals surface area (Å²) in [5.41, 5.74) is 0. The van der Waals surface area contributed by atoms with Crippen LogP contribution in [-0.2, 0) is 18.4 Å². The Labute approximate surface area is 403 Å². The van der Waals surface area contributed by atoms with E-state index in [1.165, 1.54) is 180 Å². The topological polar surface area (TPSA) is 105 Å². The number of unbranched alkanes of at least 4 members (excludes halogenated alkanes) is 31. The zero-order chi connectivity index (χ0) is 47.8. The zero-order valence-corrected chi connectivity index (χ0v) is 44.4. The van der Waals surface area contributed by atoms with Crippen LogP contribution in [0.3, 0.4) is 0 Å². The van der Waals surface area contributed by atoms with Gasteiger partial charge >= 0.3 is 7.82 Å². The van der Waals surface area contributed by atoms with Crippen LogP contribution in [0.5, 0.6) is 0 Å². The SMILES string of the molecule is CCCC/C=C/C(O)C(COP(=O)(O)OCC[N+](C)(C)C)NC(=O)CCCCCCCCCCCCCCCCCCCCCCCCCC/C=C\C/C=C\C/C=C\CCCCCCC. The zero-order valence-electron chi connectivity index (χ0n) is 43.5. The van der Waals surface area contributed by atoms with Crippen molar-refractivity contribution in [2.24, 2.45) is 0 Å². The van der Waals surface area contributed by atoms with Gasteiger partial charge in [-0.3, -0.25) is 13.8 Å². The van der Waals surface area contributed by atoms with Crippen molar-refractivity contribution in [1.82, 2.24) is 5.32 Å². The van der Waals surface area contributed by atoms with Crippen molar-refractivity contribution in [2.75, 3.05) is 40.9 Å². The second-order valence-corrected chi connectivity index (χ2v) is 21.4. The summed E-state index contributed by atoms with van der Waals surface area (Å²) < 4.78 is 23.3. The van der Waals surface area contributed by atoms with Crippen LogP contribution in [-0.4, -0.2) is 73.4 Å². The Bertz CT molecular complexity index is 1200. The van der Waals surface area contributed by atoms with Gasteiger partial charge in [0, 0.05) is 6.42 Å². The number of aliphatic hydroxyl groups excluding tert-OH is 1. The molecular weight excluding hydrogens is 828 g/mol. The number of carbonyl (C=O) groups is 1. The van der Waals surface area contributed by atoms with Crippen LogP contribution in [0, 0.1) is 0 Å². The van der Waals surface area contributed by atoms with Gasteiger partial charge in [0.2, 0.25) is 5.91 Å². The summed E-state index contributed by atoms with van der Waals surface area (Å²) in [6.07, 6.45) is 63.1. The monoisotopic (exact) mass is 936 g/mol. The molecule has 3 atom stereocenters. The summed E-state index contributed by atoms with van der Waals surface area (Å²) in [5.74, 6) is -0.184. The highest BCUT2D eigenvalue weighted by Gasteiger charge is 2.27. The lowest BCUT2D eigenvalue weighted by molar-refractivity contribution is -0.870. The predicted octanol–water partition coefficient (Wildman–Crippen LogP) is 16.4. The van der Waals surface area contributed by atoms with Gasteiger partial charge in [0.15, 0.2) is 0 Å². The van der Waals surface area contributed by atoms with E-state index in [-0.39, 0.29) is 19.1 Å². The molecule has 0 aromatic carbocycles. The lowest BCUT2D eigenvalue weighted by atomic mass is 10.0. The Hall–Kier alpha value is -1.54. The van der Waals surface area contributed by atoms with Gasteiger partial charge in [0.05, 0.1) is 39.9 Å². The third-order valence-corrected chi connectivity index (χ3v) is 13.3. The molecular formula is C56H108N2O6P+. The van der Waals surface area contributed by atoms with Gasteiger partial charge in [-0.15, -0.1) is 0 Å². The fourth-order valence-electron chi connectivity index (χ4n) is 7.92. The van der Waals surface area contributed by atoms with Gasteiger partial charge < -0.3 is 19.8 Å². The highest BCUT2D eigenvalue weighted by molar-refractivity contribution is 7.47. The van der Waals surface area contributed by atoms with E-state index < -0.39 is 20.0 Å². The molecule has 382 valence electrons. The molecule has 9 heteroatoms. The van der Waals surface area contributed by atoms with E-state index in [9.17, 15) is 19.4 Å². The maximum absolute atomic E-state index is 12.8. The minimum Gasteiger partial charge on any atom is -0.387 e. The largest absolute Gasteiger partial charge is 0.472 e. The number of hydrogen-bond acceptors (Lipinski definition) is 5. The fraction of sp³-hybridized carbons (Fsp3) is 0.839. The number of hydrogen-bond donors (Lipinski definition) is 3. The number of amides is 1. The van der Waals surface area contributed by atoms with Gasteiger partial charge in [0.1, 0.15) is 13.2 Å². The lowest BCUT2D eigenvalue weighted by Crippen LogP contribution is -2.45. The molecule has 0 saturated heterocycles. The summed E-state index contributed by atoms with van der Waals surface area (Å²) in [6, 6.07) is -0.840. The summed E-state index contributed by atoms with van der Waals surface area (Å²) >= 11 is 0. The first-order valence-electron chi connectivity index (χ1n) is 27.5. The molecule has 0 aliphatic carbocycles. The standard InChI is InChI=1S/C56H107N2O6P/c1-6-8-10-12-13-14-15-16-17-18-19-20-21-22-23-24-25-26-27-28-29-30-31-32-33-34-35-36-37-38-39-40-41-42-43-44-45-46-48-50-56(60)57-54(55(59)49-47-11-9-7-2)53-64-65(61,62)63-52-51-58(3,4)5/h15-16,18-19,21-22,47,49,54-55,59H,6-14,17,20,23-46,48,50-53H2,1-5H3,(H-,57,60,61,62)/p+1/b16-15-,19-18-,22-21-,49-47+. The third-order valence-electron chi connectivity index (χ3n) is 12.3. The summed E-state index contributed by atoms with van der Waals surface area (Å²) in [5, 5.41) is 13.6. The molecule has 0 aliphatic heterocycles. The highest BCUT2D eigenvalue weighted by Crippen LogP contribution is 2.43. The number of phosphoric acid groups is 1. The number of rotatable bonds is 50. The Kier molecular flexibility index (Phi) is 46.4. The van der Waals surface area contributed by atoms with Crippen molar-refractivity contribution < 1.29 is 32.9 Å². The van der Waals surface area contributed by atoms with Crippen LogP contribution < -0.4 is 5.32 Å². The van der Waals surface area contributed by atoms with Crippen molar-refractivity contribution in [3.63, 3.8) is 0 Å². The molecule has 0 saturated carbocycles. The molecule has 0 spiro atoms. The average molecular weight is 936 g/mol. The number of aliphatic hydroxyl groups is 1. The molecule has 3 unspecified atom stereocenters. The van der Waals surface area contributed by atoms with Crippen LogP contribution in [0.1, 0.15) is 251 Å². The minimum absolute atomic E-state index is 0.0610. The second kappa shape index (κ2) is 47.5. The molecule has 0 bridgehead atoms. The highest BCUT2D eigenvalue weighted by atomic mass is 31.2. The van der Waals surface area contributed by atoms with E-state index >= 15 is 0 Å². The van der Waals surface area contributed by atoms with Crippen molar-refractivity contribution in [3.05, 3.63) is 48.6 Å². The van der Waals surface area contributed by atoms with E-state index in [0.717, 1.165) is 51.4 Å². The second-order valence-electron chi connectivity index (χ2n) is 20.0.